The van der Waals surface area contributed by atoms with E-state index in [0.29, 0.717) is 6.54 Å². The number of nitrogens with one attached hydrogen (secondary N) is 1. The topological polar surface area (TPSA) is 46.9 Å². The third kappa shape index (κ3) is 5.43. The summed E-state index contributed by atoms with van der Waals surface area (Å²) in [6.45, 7) is 1.30. The lowest BCUT2D eigenvalue weighted by molar-refractivity contribution is 0.0949. The van der Waals surface area contributed by atoms with Gasteiger partial charge in [0.1, 0.15) is 11.6 Å². The Hall–Kier alpha value is -2.99. The van der Waals surface area contributed by atoms with E-state index in [1.807, 2.05) is 24.3 Å². The Morgan fingerprint density at radius 2 is 1.78 bits per heavy atom. The molecular formula is C26H25BrFN3O. The van der Waals surface area contributed by atoms with Crippen LogP contribution in [0, 0.1) is 5.82 Å². The molecule has 1 heterocycles. The molecule has 0 aliphatic heterocycles. The van der Waals surface area contributed by atoms with Crippen LogP contribution in [-0.4, -0.2) is 22.0 Å². The van der Waals surface area contributed by atoms with Crippen molar-refractivity contribution in [3.05, 3.63) is 100 Å². The SMILES string of the molecule is O=C(NCCCCCc1nc2ccccc2n1Cc1cccc(Br)c1)c1ccccc1F. The third-order valence-electron chi connectivity index (χ3n) is 5.44. The fourth-order valence-electron chi connectivity index (χ4n) is 3.84. The summed E-state index contributed by atoms with van der Waals surface area (Å²) in [7, 11) is 0. The first-order valence-electron chi connectivity index (χ1n) is 10.8. The van der Waals surface area contributed by atoms with Crippen LogP contribution in [0.4, 0.5) is 4.39 Å². The standard InChI is InChI=1S/C26H25BrFN3O/c27-20-10-8-9-19(17-20)18-31-24-14-6-5-13-23(24)30-25(31)15-2-1-7-16-29-26(32)21-11-3-4-12-22(21)28/h3-6,8-14,17H,1-2,7,15-16,18H2,(H,29,32). The van der Waals surface area contributed by atoms with E-state index in [1.54, 1.807) is 12.1 Å². The smallest absolute Gasteiger partial charge is 0.254 e. The Labute approximate surface area is 195 Å². The largest absolute Gasteiger partial charge is 0.352 e. The van der Waals surface area contributed by atoms with Crippen LogP contribution >= 0.6 is 15.9 Å². The van der Waals surface area contributed by atoms with E-state index in [2.05, 4.69) is 50.1 Å². The lowest BCUT2D eigenvalue weighted by Crippen LogP contribution is -2.25. The number of aryl methyl sites for hydroxylation is 1. The van der Waals surface area contributed by atoms with Gasteiger partial charge in [-0.25, -0.2) is 9.37 Å². The van der Waals surface area contributed by atoms with Crippen LogP contribution in [0.1, 0.15) is 41.0 Å². The number of nitrogens with zero attached hydrogens (tertiary/aromatic N) is 2. The summed E-state index contributed by atoms with van der Waals surface area (Å²) < 4.78 is 17.0. The van der Waals surface area contributed by atoms with Gasteiger partial charge in [0.05, 0.1) is 16.6 Å². The first-order chi connectivity index (χ1) is 15.6. The van der Waals surface area contributed by atoms with Gasteiger partial charge in [0.2, 0.25) is 0 Å². The number of carbonyl (C=O) groups excluding carboxylic acids is 1. The Morgan fingerprint density at radius 3 is 2.62 bits per heavy atom. The number of hydrogen-bond donors (Lipinski definition) is 1. The normalized spacial score (nSPS) is 11.1. The first kappa shape index (κ1) is 22.2. The molecule has 0 aliphatic carbocycles. The van der Waals surface area contributed by atoms with Crippen molar-refractivity contribution in [3.63, 3.8) is 0 Å². The van der Waals surface area contributed by atoms with Crippen LogP contribution in [0.5, 0.6) is 0 Å². The summed E-state index contributed by atoms with van der Waals surface area (Å²) in [5.41, 5.74) is 3.46. The summed E-state index contributed by atoms with van der Waals surface area (Å²) >= 11 is 3.55. The second kappa shape index (κ2) is 10.6. The molecule has 0 unspecified atom stereocenters. The summed E-state index contributed by atoms with van der Waals surface area (Å²) in [6.07, 6.45) is 3.63. The van der Waals surface area contributed by atoms with Crippen LogP contribution in [-0.2, 0) is 13.0 Å². The van der Waals surface area contributed by atoms with Gasteiger partial charge in [-0.2, -0.15) is 0 Å². The Kier molecular flexibility index (Phi) is 7.32. The molecule has 0 aliphatic rings. The second-order valence-electron chi connectivity index (χ2n) is 7.78. The van der Waals surface area contributed by atoms with Crippen molar-refractivity contribution in [3.8, 4) is 0 Å². The number of fused-ring (bicyclic) bond motifs is 1. The number of unbranched alkanes of at least 4 members (excludes halogenated alkanes) is 2. The van der Waals surface area contributed by atoms with Gasteiger partial charge in [0.25, 0.3) is 5.91 Å². The number of amides is 1. The highest BCUT2D eigenvalue weighted by Gasteiger charge is 2.12. The molecule has 0 fully saturated rings. The minimum atomic E-state index is -0.491. The van der Waals surface area contributed by atoms with Crippen molar-refractivity contribution < 1.29 is 9.18 Å². The molecule has 0 radical (unpaired) electrons. The maximum Gasteiger partial charge on any atom is 0.254 e. The molecule has 0 atom stereocenters. The molecular weight excluding hydrogens is 469 g/mol. The van der Waals surface area contributed by atoms with Crippen molar-refractivity contribution >= 4 is 32.9 Å². The van der Waals surface area contributed by atoms with E-state index in [1.165, 1.54) is 17.7 Å². The molecule has 4 aromatic rings. The highest BCUT2D eigenvalue weighted by Crippen LogP contribution is 2.21. The fourth-order valence-corrected chi connectivity index (χ4v) is 4.28. The van der Waals surface area contributed by atoms with E-state index in [4.69, 9.17) is 4.98 Å². The average molecular weight is 494 g/mol. The number of carbonyl (C=O) groups is 1. The summed E-state index contributed by atoms with van der Waals surface area (Å²) in [4.78, 5) is 17.0. The predicted octanol–water partition coefficient (Wildman–Crippen LogP) is 6.13. The van der Waals surface area contributed by atoms with Gasteiger partial charge < -0.3 is 9.88 Å². The van der Waals surface area contributed by atoms with Crippen molar-refractivity contribution in [2.75, 3.05) is 6.54 Å². The van der Waals surface area contributed by atoms with E-state index >= 15 is 0 Å². The van der Waals surface area contributed by atoms with Crippen LogP contribution in [0.2, 0.25) is 0 Å². The zero-order valence-corrected chi connectivity index (χ0v) is 19.3. The van der Waals surface area contributed by atoms with Crippen molar-refractivity contribution in [2.24, 2.45) is 0 Å². The quantitative estimate of drug-likeness (QED) is 0.285. The predicted molar refractivity (Wildman–Crippen MR) is 129 cm³/mol. The fraction of sp³-hybridized carbons (Fsp3) is 0.231. The van der Waals surface area contributed by atoms with Gasteiger partial charge in [0, 0.05) is 24.0 Å². The summed E-state index contributed by atoms with van der Waals surface area (Å²) in [5.74, 6) is 0.217. The Morgan fingerprint density at radius 1 is 0.969 bits per heavy atom. The summed E-state index contributed by atoms with van der Waals surface area (Å²) in [5, 5.41) is 2.81. The minimum absolute atomic E-state index is 0.0915. The van der Waals surface area contributed by atoms with Crippen LogP contribution in [0.3, 0.4) is 0 Å². The first-order valence-corrected chi connectivity index (χ1v) is 11.6. The Balaban J connectivity index is 1.33. The maximum atomic E-state index is 13.7. The monoisotopic (exact) mass is 493 g/mol. The van der Waals surface area contributed by atoms with Gasteiger partial charge in [-0.15, -0.1) is 0 Å². The number of benzene rings is 3. The molecule has 0 bridgehead atoms. The molecule has 6 heteroatoms. The number of aromatic nitrogens is 2. The molecule has 0 spiro atoms. The highest BCUT2D eigenvalue weighted by molar-refractivity contribution is 9.10. The molecule has 3 aromatic carbocycles. The zero-order chi connectivity index (χ0) is 22.3. The maximum absolute atomic E-state index is 13.7. The van der Waals surface area contributed by atoms with Crippen LogP contribution in [0.25, 0.3) is 11.0 Å². The van der Waals surface area contributed by atoms with Gasteiger partial charge >= 0.3 is 0 Å². The molecule has 1 N–H and O–H groups in total. The van der Waals surface area contributed by atoms with E-state index < -0.39 is 5.82 Å². The van der Waals surface area contributed by atoms with Crippen LogP contribution in [0.15, 0.2) is 77.3 Å². The number of imidazole rings is 1. The van der Waals surface area contributed by atoms with E-state index in [0.717, 1.165) is 53.6 Å². The molecule has 1 amide bonds. The molecule has 32 heavy (non-hydrogen) atoms. The van der Waals surface area contributed by atoms with Crippen molar-refractivity contribution in [2.45, 2.75) is 32.2 Å². The molecule has 164 valence electrons. The molecule has 0 saturated heterocycles. The average Bonchev–Trinajstić information content (AvgIpc) is 3.13. The number of rotatable bonds is 9. The zero-order valence-electron chi connectivity index (χ0n) is 17.7. The van der Waals surface area contributed by atoms with Gasteiger partial charge in [-0.1, -0.05) is 58.7 Å². The van der Waals surface area contributed by atoms with Gasteiger partial charge in [0.15, 0.2) is 0 Å². The molecule has 1 aromatic heterocycles. The number of para-hydroxylation sites is 2. The lowest BCUT2D eigenvalue weighted by atomic mass is 10.1. The van der Waals surface area contributed by atoms with Crippen LogP contribution < -0.4 is 5.32 Å². The van der Waals surface area contributed by atoms with Gasteiger partial charge in [-0.3, -0.25) is 4.79 Å². The van der Waals surface area contributed by atoms with Crippen molar-refractivity contribution in [1.29, 1.82) is 0 Å². The number of halogens is 2. The summed E-state index contributed by atoms with van der Waals surface area (Å²) in [6, 6.07) is 22.6. The minimum Gasteiger partial charge on any atom is -0.352 e. The molecule has 0 saturated carbocycles. The van der Waals surface area contributed by atoms with E-state index in [9.17, 15) is 9.18 Å². The third-order valence-corrected chi connectivity index (χ3v) is 5.94. The lowest BCUT2D eigenvalue weighted by Gasteiger charge is -2.10. The second-order valence-corrected chi connectivity index (χ2v) is 8.69. The molecule has 4 rings (SSSR count). The number of hydrogen-bond acceptors (Lipinski definition) is 2. The van der Waals surface area contributed by atoms with Crippen molar-refractivity contribution in [1.82, 2.24) is 14.9 Å². The molecule has 4 nitrogen and oxygen atoms in total. The highest BCUT2D eigenvalue weighted by atomic mass is 79.9. The van der Waals surface area contributed by atoms with E-state index in [-0.39, 0.29) is 11.5 Å². The Bertz CT molecular complexity index is 1220. The van der Waals surface area contributed by atoms with Gasteiger partial charge in [-0.05, 0) is 54.8 Å².